The Morgan fingerprint density at radius 2 is 1.59 bits per heavy atom. The molecule has 0 heterocycles. The van der Waals surface area contributed by atoms with Gasteiger partial charge in [-0.25, -0.2) is 4.79 Å². The summed E-state index contributed by atoms with van der Waals surface area (Å²) >= 11 is 0. The molecule has 0 bridgehead atoms. The van der Waals surface area contributed by atoms with E-state index < -0.39 is 37.0 Å². The Bertz CT molecular complexity index is 555. The van der Waals surface area contributed by atoms with Crippen LogP contribution in [-0.4, -0.2) is 42.2 Å². The minimum Gasteiger partial charge on any atom is -0.478 e. The summed E-state index contributed by atoms with van der Waals surface area (Å²) in [6, 6.07) is 5.52. The average molecular weight is 318 g/mol. The van der Waals surface area contributed by atoms with Crippen LogP contribution in [0, 0.1) is 0 Å². The monoisotopic (exact) mass is 318 g/mol. The lowest BCUT2D eigenvalue weighted by Crippen LogP contribution is -2.41. The van der Waals surface area contributed by atoms with Gasteiger partial charge in [-0.05, 0) is 17.7 Å². The SMILES string of the molecule is O=C(CNC(=O)Cc1ccc(C(=O)O)cc1)NCC(F)(F)F. The molecule has 1 aromatic carbocycles. The van der Waals surface area contributed by atoms with Gasteiger partial charge in [0.15, 0.2) is 0 Å². The number of rotatable bonds is 6. The van der Waals surface area contributed by atoms with Crippen LogP contribution in [0.25, 0.3) is 0 Å². The molecular weight excluding hydrogens is 305 g/mol. The molecular formula is C13H13F3N2O4. The lowest BCUT2D eigenvalue weighted by Gasteiger charge is -2.09. The molecule has 6 nitrogen and oxygen atoms in total. The van der Waals surface area contributed by atoms with Crippen LogP contribution in [0.5, 0.6) is 0 Å². The highest BCUT2D eigenvalue weighted by Gasteiger charge is 2.27. The fourth-order valence-corrected chi connectivity index (χ4v) is 1.45. The summed E-state index contributed by atoms with van der Waals surface area (Å²) in [5, 5.41) is 12.5. The summed E-state index contributed by atoms with van der Waals surface area (Å²) in [7, 11) is 0. The highest BCUT2D eigenvalue weighted by Crippen LogP contribution is 2.11. The zero-order valence-electron chi connectivity index (χ0n) is 11.2. The van der Waals surface area contributed by atoms with Crippen LogP contribution in [0.4, 0.5) is 13.2 Å². The molecule has 0 unspecified atom stereocenters. The summed E-state index contributed by atoms with van der Waals surface area (Å²) in [6.07, 6.45) is -4.63. The van der Waals surface area contributed by atoms with Crippen LogP contribution in [0.3, 0.4) is 0 Å². The molecule has 0 fully saturated rings. The molecule has 0 aliphatic heterocycles. The number of hydrogen-bond donors (Lipinski definition) is 3. The first-order chi connectivity index (χ1) is 10.2. The molecule has 22 heavy (non-hydrogen) atoms. The molecule has 0 atom stereocenters. The van der Waals surface area contributed by atoms with E-state index in [0.717, 1.165) is 0 Å². The van der Waals surface area contributed by atoms with Gasteiger partial charge in [-0.2, -0.15) is 13.2 Å². The van der Waals surface area contributed by atoms with Crippen molar-refractivity contribution in [3.8, 4) is 0 Å². The van der Waals surface area contributed by atoms with E-state index in [2.05, 4.69) is 5.32 Å². The van der Waals surface area contributed by atoms with E-state index >= 15 is 0 Å². The van der Waals surface area contributed by atoms with Crippen LogP contribution in [-0.2, 0) is 16.0 Å². The molecule has 2 amide bonds. The second-order valence-corrected chi connectivity index (χ2v) is 4.35. The lowest BCUT2D eigenvalue weighted by molar-refractivity contribution is -0.138. The van der Waals surface area contributed by atoms with Gasteiger partial charge in [0, 0.05) is 0 Å². The van der Waals surface area contributed by atoms with Crippen LogP contribution in [0.15, 0.2) is 24.3 Å². The van der Waals surface area contributed by atoms with Gasteiger partial charge >= 0.3 is 12.1 Å². The average Bonchev–Trinajstić information content (AvgIpc) is 2.42. The smallest absolute Gasteiger partial charge is 0.405 e. The highest BCUT2D eigenvalue weighted by molar-refractivity contribution is 5.88. The highest BCUT2D eigenvalue weighted by atomic mass is 19.4. The number of carboxylic acid groups (broad SMARTS) is 1. The number of hydrogen-bond acceptors (Lipinski definition) is 3. The summed E-state index contributed by atoms with van der Waals surface area (Å²) in [5.41, 5.74) is 0.578. The van der Waals surface area contributed by atoms with Crippen molar-refractivity contribution in [2.45, 2.75) is 12.6 Å². The summed E-state index contributed by atoms with van der Waals surface area (Å²) in [5.74, 6) is -2.62. The van der Waals surface area contributed by atoms with Crippen molar-refractivity contribution in [3.05, 3.63) is 35.4 Å². The second kappa shape index (κ2) is 7.43. The van der Waals surface area contributed by atoms with Gasteiger partial charge in [-0.1, -0.05) is 12.1 Å². The largest absolute Gasteiger partial charge is 0.478 e. The maximum absolute atomic E-state index is 11.8. The zero-order chi connectivity index (χ0) is 16.8. The quantitative estimate of drug-likeness (QED) is 0.720. The number of nitrogens with one attached hydrogen (secondary N) is 2. The predicted molar refractivity (Wildman–Crippen MR) is 69.2 cm³/mol. The standard InChI is InChI=1S/C13H13F3N2O4/c14-13(15,16)7-18-11(20)6-17-10(19)5-8-1-3-9(4-2-8)12(21)22/h1-4H,5-7H2,(H,17,19)(H,18,20)(H,21,22). The van der Waals surface area contributed by atoms with Crippen LogP contribution in [0.2, 0.25) is 0 Å². The van der Waals surface area contributed by atoms with Crippen LogP contribution >= 0.6 is 0 Å². The Balaban J connectivity index is 2.37. The van der Waals surface area contributed by atoms with E-state index in [0.29, 0.717) is 5.56 Å². The fraction of sp³-hybridized carbons (Fsp3) is 0.308. The van der Waals surface area contributed by atoms with E-state index in [4.69, 9.17) is 5.11 Å². The number of carbonyl (C=O) groups is 3. The van der Waals surface area contributed by atoms with Crippen molar-refractivity contribution >= 4 is 17.8 Å². The molecule has 0 radical (unpaired) electrons. The molecule has 3 N–H and O–H groups in total. The Morgan fingerprint density at radius 1 is 1.00 bits per heavy atom. The van der Waals surface area contributed by atoms with Gasteiger partial charge in [0.05, 0.1) is 18.5 Å². The van der Waals surface area contributed by atoms with E-state index in [1.165, 1.54) is 24.3 Å². The summed E-state index contributed by atoms with van der Waals surface area (Å²) in [4.78, 5) is 33.2. The van der Waals surface area contributed by atoms with E-state index in [1.807, 2.05) is 0 Å². The van der Waals surface area contributed by atoms with Gasteiger partial charge in [-0.15, -0.1) is 0 Å². The Labute approximate surface area is 123 Å². The van der Waals surface area contributed by atoms with Gasteiger partial charge < -0.3 is 15.7 Å². The third-order valence-corrected chi connectivity index (χ3v) is 2.50. The molecule has 0 aliphatic carbocycles. The molecule has 0 saturated carbocycles. The first-order valence-electron chi connectivity index (χ1n) is 6.10. The topological polar surface area (TPSA) is 95.5 Å². The number of amides is 2. The normalized spacial score (nSPS) is 10.9. The minimum absolute atomic E-state index is 0.0655. The fourth-order valence-electron chi connectivity index (χ4n) is 1.45. The third-order valence-electron chi connectivity index (χ3n) is 2.50. The lowest BCUT2D eigenvalue weighted by atomic mass is 10.1. The Kier molecular flexibility index (Phi) is 5.90. The van der Waals surface area contributed by atoms with Crippen molar-refractivity contribution in [1.82, 2.24) is 10.6 Å². The molecule has 0 aromatic heterocycles. The number of halogens is 3. The van der Waals surface area contributed by atoms with E-state index in [-0.39, 0.29) is 12.0 Å². The molecule has 0 saturated heterocycles. The second-order valence-electron chi connectivity index (χ2n) is 4.35. The summed E-state index contributed by atoms with van der Waals surface area (Å²) < 4.78 is 35.5. The summed E-state index contributed by atoms with van der Waals surface area (Å²) in [6.45, 7) is -2.03. The molecule has 120 valence electrons. The van der Waals surface area contributed by atoms with Crippen molar-refractivity contribution in [2.24, 2.45) is 0 Å². The first-order valence-corrected chi connectivity index (χ1v) is 6.10. The number of aromatic carboxylic acids is 1. The van der Waals surface area contributed by atoms with Crippen LogP contribution < -0.4 is 10.6 Å². The number of alkyl halides is 3. The van der Waals surface area contributed by atoms with Crippen molar-refractivity contribution in [3.63, 3.8) is 0 Å². The van der Waals surface area contributed by atoms with Gasteiger partial charge in [0.2, 0.25) is 11.8 Å². The maximum atomic E-state index is 11.8. The molecule has 0 spiro atoms. The Hall–Kier alpha value is -2.58. The molecule has 0 aliphatic rings. The third kappa shape index (κ3) is 6.73. The zero-order valence-corrected chi connectivity index (χ0v) is 11.2. The maximum Gasteiger partial charge on any atom is 0.405 e. The molecule has 9 heteroatoms. The number of benzene rings is 1. The Morgan fingerprint density at radius 3 is 2.09 bits per heavy atom. The van der Waals surface area contributed by atoms with Crippen LogP contribution in [0.1, 0.15) is 15.9 Å². The molecule has 1 aromatic rings. The van der Waals surface area contributed by atoms with Gasteiger partial charge in [0.1, 0.15) is 6.54 Å². The van der Waals surface area contributed by atoms with Gasteiger partial charge in [-0.3, -0.25) is 9.59 Å². The molecule has 1 rings (SSSR count). The predicted octanol–water partition coefficient (Wildman–Crippen LogP) is 0.722. The van der Waals surface area contributed by atoms with Crippen molar-refractivity contribution in [1.29, 1.82) is 0 Å². The van der Waals surface area contributed by atoms with Gasteiger partial charge in [0.25, 0.3) is 0 Å². The van der Waals surface area contributed by atoms with Crippen molar-refractivity contribution < 1.29 is 32.7 Å². The van der Waals surface area contributed by atoms with E-state index in [1.54, 1.807) is 5.32 Å². The number of carbonyl (C=O) groups excluding carboxylic acids is 2. The minimum atomic E-state index is -4.51. The van der Waals surface area contributed by atoms with E-state index in [9.17, 15) is 27.6 Å². The number of carboxylic acids is 1. The first kappa shape index (κ1) is 17.5. The van der Waals surface area contributed by atoms with Crippen molar-refractivity contribution in [2.75, 3.05) is 13.1 Å².